The molecule has 0 bridgehead atoms. The molecule has 1 heterocycles. The van der Waals surface area contributed by atoms with Gasteiger partial charge in [-0.05, 0) is 19.9 Å². The van der Waals surface area contributed by atoms with E-state index >= 15 is 0 Å². The average Bonchev–Trinajstić information content (AvgIpc) is 2.67. The van der Waals surface area contributed by atoms with Crippen molar-refractivity contribution in [2.24, 2.45) is 10.2 Å². The largest absolute Gasteiger partial charge is 0.506 e. The third-order valence-electron chi connectivity index (χ3n) is 3.89. The number of rotatable bonds is 6. The highest BCUT2D eigenvalue weighted by atomic mass is 16.6. The number of nitrogens with zero attached hydrogens (tertiary/aromatic N) is 5. The van der Waals surface area contributed by atoms with Crippen LogP contribution < -0.4 is 10.3 Å². The molecule has 1 N–H and O–H groups in total. The number of hydrogen-bond acceptors (Lipinski definition) is 8. The van der Waals surface area contributed by atoms with Crippen molar-refractivity contribution in [3.05, 3.63) is 61.9 Å². The van der Waals surface area contributed by atoms with Crippen LogP contribution in [0.4, 0.5) is 17.1 Å². The Morgan fingerprint density at radius 1 is 1.43 bits per heavy atom. The molecule has 144 valence electrons. The number of phenols is 1. The monoisotopic (exact) mass is 383 g/mol. The summed E-state index contributed by atoms with van der Waals surface area (Å²) >= 11 is 0. The molecule has 0 fully saturated rings. The van der Waals surface area contributed by atoms with Crippen molar-refractivity contribution in [1.82, 2.24) is 4.57 Å². The van der Waals surface area contributed by atoms with Gasteiger partial charge in [-0.1, -0.05) is 12.2 Å². The number of nitriles is 1. The van der Waals surface area contributed by atoms with Gasteiger partial charge in [0.2, 0.25) is 5.88 Å². The van der Waals surface area contributed by atoms with Crippen LogP contribution in [0.15, 0.2) is 45.4 Å². The van der Waals surface area contributed by atoms with Crippen LogP contribution in [0.25, 0.3) is 0 Å². The van der Waals surface area contributed by atoms with Crippen LogP contribution in [0.5, 0.6) is 11.6 Å². The quantitative estimate of drug-likeness (QED) is 0.349. The first kappa shape index (κ1) is 20.3. The third kappa shape index (κ3) is 3.88. The van der Waals surface area contributed by atoms with Gasteiger partial charge in [-0.15, -0.1) is 10.2 Å². The molecule has 0 atom stereocenters. The van der Waals surface area contributed by atoms with E-state index in [9.17, 15) is 25.3 Å². The second-order valence-electron chi connectivity index (χ2n) is 5.58. The number of phenolic OH excluding ortho intramolecular Hbond substituents is 1. The Kier molecular flexibility index (Phi) is 6.23. The molecule has 1 aromatic carbocycles. The zero-order chi connectivity index (χ0) is 20.8. The maximum absolute atomic E-state index is 12.5. The lowest BCUT2D eigenvalue weighted by molar-refractivity contribution is -0.384. The Morgan fingerprint density at radius 2 is 2.14 bits per heavy atom. The second kappa shape index (κ2) is 8.59. The SMILES string of the molecule is C/C=C/Cn1c(OC)c(N=Nc2cc([N+](=O)[O-])ccc2O)c(C)c(C#N)c1=O. The van der Waals surface area contributed by atoms with E-state index in [-0.39, 0.29) is 46.4 Å². The fraction of sp³-hybridized carbons (Fsp3) is 0.222. The first-order valence-corrected chi connectivity index (χ1v) is 8.07. The van der Waals surface area contributed by atoms with Gasteiger partial charge in [0.1, 0.15) is 23.1 Å². The normalized spacial score (nSPS) is 11.1. The van der Waals surface area contributed by atoms with E-state index in [1.54, 1.807) is 19.1 Å². The maximum atomic E-state index is 12.5. The zero-order valence-electron chi connectivity index (χ0n) is 15.4. The van der Waals surface area contributed by atoms with E-state index in [1.807, 2.05) is 6.07 Å². The predicted octanol–water partition coefficient (Wildman–Crippen LogP) is 3.64. The minimum absolute atomic E-state index is 0.0771. The highest BCUT2D eigenvalue weighted by molar-refractivity contribution is 5.61. The van der Waals surface area contributed by atoms with E-state index in [1.165, 1.54) is 18.6 Å². The topological polar surface area (TPSA) is 143 Å². The number of aromatic hydroxyl groups is 1. The molecule has 0 amide bonds. The van der Waals surface area contributed by atoms with Crippen LogP contribution in [-0.2, 0) is 6.54 Å². The Labute approximate surface area is 159 Å². The molecule has 2 aromatic rings. The van der Waals surface area contributed by atoms with Crippen molar-refractivity contribution >= 4 is 17.1 Å². The molecule has 0 unspecified atom stereocenters. The Bertz CT molecular complexity index is 1080. The smallest absolute Gasteiger partial charge is 0.271 e. The molecule has 0 spiro atoms. The Morgan fingerprint density at radius 3 is 2.71 bits per heavy atom. The minimum Gasteiger partial charge on any atom is -0.506 e. The van der Waals surface area contributed by atoms with Gasteiger partial charge >= 0.3 is 0 Å². The first-order valence-electron chi connectivity index (χ1n) is 8.07. The number of nitro groups is 1. The number of benzene rings is 1. The lowest BCUT2D eigenvalue weighted by Gasteiger charge is -2.14. The number of hydrogen-bond donors (Lipinski definition) is 1. The highest BCUT2D eigenvalue weighted by Gasteiger charge is 2.20. The van der Waals surface area contributed by atoms with Crippen molar-refractivity contribution in [3.63, 3.8) is 0 Å². The van der Waals surface area contributed by atoms with E-state index in [0.29, 0.717) is 0 Å². The number of pyridine rings is 1. The van der Waals surface area contributed by atoms with Crippen molar-refractivity contribution in [2.75, 3.05) is 7.11 Å². The number of nitro benzene ring substituents is 1. The van der Waals surface area contributed by atoms with Gasteiger partial charge in [0, 0.05) is 24.2 Å². The van der Waals surface area contributed by atoms with Gasteiger partial charge in [0.15, 0.2) is 5.69 Å². The molecule has 28 heavy (non-hydrogen) atoms. The van der Waals surface area contributed by atoms with E-state index in [4.69, 9.17) is 4.74 Å². The van der Waals surface area contributed by atoms with Gasteiger partial charge in [-0.2, -0.15) is 5.26 Å². The van der Waals surface area contributed by atoms with Crippen LogP contribution in [0.3, 0.4) is 0 Å². The van der Waals surface area contributed by atoms with Gasteiger partial charge in [-0.25, -0.2) is 0 Å². The maximum Gasteiger partial charge on any atom is 0.271 e. The van der Waals surface area contributed by atoms with Gasteiger partial charge in [0.05, 0.1) is 12.0 Å². The molecule has 0 aliphatic heterocycles. The van der Waals surface area contributed by atoms with E-state index in [0.717, 1.165) is 18.2 Å². The number of ether oxygens (including phenoxy) is 1. The minimum atomic E-state index is -0.630. The van der Waals surface area contributed by atoms with E-state index in [2.05, 4.69) is 10.2 Å². The van der Waals surface area contributed by atoms with Crippen molar-refractivity contribution in [1.29, 1.82) is 5.26 Å². The van der Waals surface area contributed by atoms with Gasteiger partial charge in [-0.3, -0.25) is 19.5 Å². The fourth-order valence-corrected chi connectivity index (χ4v) is 2.44. The second-order valence-corrected chi connectivity index (χ2v) is 5.58. The van der Waals surface area contributed by atoms with E-state index < -0.39 is 10.5 Å². The van der Waals surface area contributed by atoms with Crippen LogP contribution in [-0.4, -0.2) is 21.7 Å². The lowest BCUT2D eigenvalue weighted by Crippen LogP contribution is -2.24. The molecule has 10 nitrogen and oxygen atoms in total. The number of aromatic nitrogens is 1. The summed E-state index contributed by atoms with van der Waals surface area (Å²) in [6.07, 6.45) is 3.44. The molecular formula is C18H17N5O5. The van der Waals surface area contributed by atoms with Gasteiger partial charge < -0.3 is 9.84 Å². The number of azo groups is 1. The summed E-state index contributed by atoms with van der Waals surface area (Å²) in [4.78, 5) is 22.8. The Balaban J connectivity index is 2.70. The molecule has 0 aliphatic carbocycles. The predicted molar refractivity (Wildman–Crippen MR) is 100 cm³/mol. The van der Waals surface area contributed by atoms with Crippen LogP contribution in [0.1, 0.15) is 18.1 Å². The lowest BCUT2D eigenvalue weighted by atomic mass is 10.1. The highest BCUT2D eigenvalue weighted by Crippen LogP contribution is 2.36. The van der Waals surface area contributed by atoms with Crippen molar-refractivity contribution in [3.8, 4) is 17.7 Å². The summed E-state index contributed by atoms with van der Waals surface area (Å²) in [6, 6.07) is 5.17. The standard InChI is InChI=1S/C18H17N5O5/c1-4-5-8-22-17(25)13(10-19)11(2)16(18(22)28-3)21-20-14-9-12(23(26)27)6-7-15(14)24/h4-7,9,24H,8H2,1-3H3/b5-4+,21-20?. The summed E-state index contributed by atoms with van der Waals surface area (Å²) < 4.78 is 6.54. The summed E-state index contributed by atoms with van der Waals surface area (Å²) in [7, 11) is 1.34. The number of methoxy groups -OCH3 is 1. The third-order valence-corrected chi connectivity index (χ3v) is 3.89. The Hall–Kier alpha value is -4.00. The molecule has 10 heteroatoms. The van der Waals surface area contributed by atoms with Crippen molar-refractivity contribution in [2.45, 2.75) is 20.4 Å². The molecular weight excluding hydrogens is 366 g/mol. The van der Waals surface area contributed by atoms with Crippen molar-refractivity contribution < 1.29 is 14.8 Å². The molecule has 0 aliphatic rings. The molecule has 1 aromatic heterocycles. The van der Waals surface area contributed by atoms with Crippen LogP contribution in [0, 0.1) is 28.4 Å². The molecule has 0 saturated heterocycles. The summed E-state index contributed by atoms with van der Waals surface area (Å²) in [6.45, 7) is 3.45. The molecule has 0 saturated carbocycles. The zero-order valence-corrected chi connectivity index (χ0v) is 15.4. The van der Waals surface area contributed by atoms with Crippen LogP contribution >= 0.6 is 0 Å². The number of allylic oxidation sites excluding steroid dienone is 2. The summed E-state index contributed by atoms with van der Waals surface area (Å²) in [5.41, 5.74) is -0.718. The average molecular weight is 383 g/mol. The summed E-state index contributed by atoms with van der Waals surface area (Å²) in [5.74, 6) is -0.234. The number of non-ortho nitro benzene ring substituents is 1. The summed E-state index contributed by atoms with van der Waals surface area (Å²) in [5, 5.41) is 38.0. The fourth-order valence-electron chi connectivity index (χ4n) is 2.44. The molecule has 2 rings (SSSR count). The van der Waals surface area contributed by atoms with Gasteiger partial charge in [0.25, 0.3) is 11.2 Å². The van der Waals surface area contributed by atoms with Crippen LogP contribution in [0.2, 0.25) is 0 Å². The first-order chi connectivity index (χ1) is 13.3. The molecule has 0 radical (unpaired) electrons.